The smallest absolute Gasteiger partial charge is 0.422 e. The summed E-state index contributed by atoms with van der Waals surface area (Å²) in [4.78, 5) is 23.0. The Bertz CT molecular complexity index is 1330. The number of halogens is 5. The lowest BCUT2D eigenvalue weighted by atomic mass is 9.78. The standard InChI is InChI=1S/C24H20Cl2F3NO5/c1-12-8-15(11-30(3)21(12)31)23(34,24(27,28)29)13(2)17-6-5-16(10-18(17)25)35-20-7-4-14(22(32)33)9-19(20)26/h4-11,13,34H,1-3H3,(H,32,33)/t13?,23-/m1/s1. The van der Waals surface area contributed by atoms with Crippen LogP contribution < -0.4 is 10.3 Å². The topological polar surface area (TPSA) is 88.8 Å². The van der Waals surface area contributed by atoms with Crippen molar-refractivity contribution in [3.8, 4) is 11.5 Å². The summed E-state index contributed by atoms with van der Waals surface area (Å²) in [5, 5.41) is 19.9. The van der Waals surface area contributed by atoms with Crippen LogP contribution in [0.1, 0.15) is 39.9 Å². The third kappa shape index (κ3) is 5.03. The van der Waals surface area contributed by atoms with Crippen molar-refractivity contribution in [3.63, 3.8) is 0 Å². The van der Waals surface area contributed by atoms with Crippen molar-refractivity contribution >= 4 is 29.2 Å². The molecule has 0 fully saturated rings. The number of aromatic carboxylic acids is 1. The van der Waals surface area contributed by atoms with E-state index >= 15 is 0 Å². The molecule has 1 aromatic heterocycles. The van der Waals surface area contributed by atoms with E-state index in [1.54, 1.807) is 0 Å². The van der Waals surface area contributed by atoms with Gasteiger partial charge >= 0.3 is 12.1 Å². The average Bonchev–Trinajstić information content (AvgIpc) is 2.76. The van der Waals surface area contributed by atoms with E-state index in [9.17, 15) is 27.9 Å². The van der Waals surface area contributed by atoms with Crippen LogP contribution in [0.5, 0.6) is 11.5 Å². The normalized spacial score (nSPS) is 14.3. The molecule has 1 unspecified atom stereocenters. The maximum atomic E-state index is 14.3. The lowest BCUT2D eigenvalue weighted by Gasteiger charge is -2.37. The number of rotatable bonds is 6. The van der Waals surface area contributed by atoms with Gasteiger partial charge in [-0.25, -0.2) is 4.79 Å². The van der Waals surface area contributed by atoms with Crippen molar-refractivity contribution in [2.45, 2.75) is 31.5 Å². The van der Waals surface area contributed by atoms with Gasteiger partial charge in [0.2, 0.25) is 0 Å². The average molecular weight is 530 g/mol. The van der Waals surface area contributed by atoms with E-state index in [1.807, 2.05) is 0 Å². The van der Waals surface area contributed by atoms with Crippen molar-refractivity contribution in [1.82, 2.24) is 4.57 Å². The minimum atomic E-state index is -5.10. The van der Waals surface area contributed by atoms with Crippen LogP contribution >= 0.6 is 23.2 Å². The van der Waals surface area contributed by atoms with E-state index in [0.717, 1.165) is 16.8 Å². The first-order valence-corrected chi connectivity index (χ1v) is 10.9. The van der Waals surface area contributed by atoms with Crippen LogP contribution in [0, 0.1) is 6.92 Å². The second-order valence-corrected chi connectivity index (χ2v) is 8.86. The lowest BCUT2D eigenvalue weighted by Crippen LogP contribution is -2.47. The molecule has 1 heterocycles. The van der Waals surface area contributed by atoms with Gasteiger partial charge in [-0.05, 0) is 48.9 Å². The van der Waals surface area contributed by atoms with Crippen LogP contribution in [0.15, 0.2) is 53.5 Å². The molecule has 0 aliphatic carbocycles. The summed E-state index contributed by atoms with van der Waals surface area (Å²) < 4.78 is 49.4. The molecule has 2 aromatic carbocycles. The molecular weight excluding hydrogens is 510 g/mol. The van der Waals surface area contributed by atoms with Crippen molar-refractivity contribution in [1.29, 1.82) is 0 Å². The Labute approximate surface area is 208 Å². The fourth-order valence-electron chi connectivity index (χ4n) is 3.74. The fourth-order valence-corrected chi connectivity index (χ4v) is 4.29. The maximum Gasteiger partial charge on any atom is 0.422 e. The van der Waals surface area contributed by atoms with Gasteiger partial charge in [-0.3, -0.25) is 4.79 Å². The molecule has 186 valence electrons. The second-order valence-electron chi connectivity index (χ2n) is 8.05. The van der Waals surface area contributed by atoms with Gasteiger partial charge in [0.05, 0.1) is 10.6 Å². The number of aromatic nitrogens is 1. The Morgan fingerprint density at radius 2 is 1.74 bits per heavy atom. The predicted molar refractivity (Wildman–Crippen MR) is 125 cm³/mol. The van der Waals surface area contributed by atoms with Crippen molar-refractivity contribution < 1.29 is 32.9 Å². The Balaban J connectivity index is 2.01. The minimum Gasteiger partial charge on any atom is -0.478 e. The Morgan fingerprint density at radius 1 is 1.09 bits per heavy atom. The summed E-state index contributed by atoms with van der Waals surface area (Å²) in [5.74, 6) is -2.50. The zero-order valence-electron chi connectivity index (χ0n) is 18.7. The Hall–Kier alpha value is -3.01. The van der Waals surface area contributed by atoms with E-state index in [1.165, 1.54) is 57.3 Å². The van der Waals surface area contributed by atoms with Crippen LogP contribution in [-0.4, -0.2) is 26.9 Å². The van der Waals surface area contributed by atoms with Gasteiger partial charge < -0.3 is 19.5 Å². The molecule has 3 aromatic rings. The second kappa shape index (κ2) is 9.56. The first kappa shape index (κ1) is 26.6. The molecule has 0 bridgehead atoms. The quantitative estimate of drug-likeness (QED) is 0.406. The van der Waals surface area contributed by atoms with Gasteiger partial charge in [0.15, 0.2) is 5.60 Å². The molecule has 0 spiro atoms. The third-order valence-corrected chi connectivity index (χ3v) is 6.33. The van der Waals surface area contributed by atoms with Crippen molar-refractivity contribution in [3.05, 3.63) is 91.3 Å². The number of carboxylic acids is 1. The van der Waals surface area contributed by atoms with E-state index in [0.29, 0.717) is 0 Å². The van der Waals surface area contributed by atoms with Crippen LogP contribution in [-0.2, 0) is 12.6 Å². The van der Waals surface area contributed by atoms with Crippen LogP contribution in [0.25, 0.3) is 0 Å². The summed E-state index contributed by atoms with van der Waals surface area (Å²) in [7, 11) is 1.30. The molecule has 0 saturated heterocycles. The number of ether oxygens (including phenoxy) is 1. The third-order valence-electron chi connectivity index (χ3n) is 5.71. The summed E-state index contributed by atoms with van der Waals surface area (Å²) in [6, 6.07) is 8.71. The summed E-state index contributed by atoms with van der Waals surface area (Å²) >= 11 is 12.4. The predicted octanol–water partition coefficient (Wildman–Crippen LogP) is 6.04. The largest absolute Gasteiger partial charge is 0.478 e. The maximum absolute atomic E-state index is 14.3. The van der Waals surface area contributed by atoms with Gasteiger partial charge in [-0.1, -0.05) is 36.2 Å². The summed E-state index contributed by atoms with van der Waals surface area (Å²) in [6.07, 6.45) is -4.15. The van der Waals surface area contributed by atoms with Gasteiger partial charge in [0.25, 0.3) is 5.56 Å². The summed E-state index contributed by atoms with van der Waals surface area (Å²) in [6.45, 7) is 2.54. The number of hydrogen-bond acceptors (Lipinski definition) is 4. The number of nitrogens with zero attached hydrogens (tertiary/aromatic N) is 1. The molecular formula is C24H20Cl2F3NO5. The zero-order chi connectivity index (χ0) is 26.3. The molecule has 6 nitrogen and oxygen atoms in total. The first-order chi connectivity index (χ1) is 16.2. The molecule has 0 amide bonds. The number of alkyl halides is 3. The van der Waals surface area contributed by atoms with Gasteiger partial charge in [-0.2, -0.15) is 13.2 Å². The highest BCUT2D eigenvalue weighted by molar-refractivity contribution is 6.32. The zero-order valence-corrected chi connectivity index (χ0v) is 20.2. The number of carbonyl (C=O) groups is 1. The molecule has 11 heteroatoms. The number of carboxylic acid groups (broad SMARTS) is 1. The highest BCUT2D eigenvalue weighted by Gasteiger charge is 2.59. The highest BCUT2D eigenvalue weighted by atomic mass is 35.5. The number of aliphatic hydroxyl groups is 1. The van der Waals surface area contributed by atoms with Crippen LogP contribution in [0.4, 0.5) is 13.2 Å². The van der Waals surface area contributed by atoms with Gasteiger partial charge in [0, 0.05) is 35.3 Å². The van der Waals surface area contributed by atoms with E-state index in [4.69, 9.17) is 33.0 Å². The Kier molecular flexibility index (Phi) is 7.26. The first-order valence-electron chi connectivity index (χ1n) is 10.1. The minimum absolute atomic E-state index is 0.00923. The molecule has 0 saturated carbocycles. The molecule has 3 rings (SSSR count). The van der Waals surface area contributed by atoms with Crippen LogP contribution in [0.2, 0.25) is 10.0 Å². The number of aryl methyl sites for hydroxylation is 2. The monoisotopic (exact) mass is 529 g/mol. The van der Waals surface area contributed by atoms with E-state index < -0.39 is 34.8 Å². The van der Waals surface area contributed by atoms with E-state index in [-0.39, 0.29) is 38.2 Å². The fraction of sp³-hybridized carbons (Fsp3) is 0.250. The van der Waals surface area contributed by atoms with E-state index in [2.05, 4.69) is 0 Å². The number of hydrogen-bond donors (Lipinski definition) is 2. The molecule has 35 heavy (non-hydrogen) atoms. The van der Waals surface area contributed by atoms with Crippen LogP contribution in [0.3, 0.4) is 0 Å². The number of benzene rings is 2. The summed E-state index contributed by atoms with van der Waals surface area (Å²) in [5.41, 5.74) is -4.37. The molecule has 2 atom stereocenters. The number of pyridine rings is 1. The molecule has 2 N–H and O–H groups in total. The van der Waals surface area contributed by atoms with Crippen molar-refractivity contribution in [2.24, 2.45) is 7.05 Å². The molecule has 0 aliphatic heterocycles. The van der Waals surface area contributed by atoms with Gasteiger partial charge in [0.1, 0.15) is 11.5 Å². The van der Waals surface area contributed by atoms with Crippen molar-refractivity contribution in [2.75, 3.05) is 0 Å². The SMILES string of the molecule is Cc1cc([C@](O)(C(C)c2ccc(Oc3ccc(C(=O)O)cc3Cl)cc2Cl)C(F)(F)F)cn(C)c1=O. The Morgan fingerprint density at radius 3 is 2.26 bits per heavy atom. The van der Waals surface area contributed by atoms with Gasteiger partial charge in [-0.15, -0.1) is 0 Å². The molecule has 0 aliphatic rings. The lowest BCUT2D eigenvalue weighted by molar-refractivity contribution is -0.274. The molecule has 0 radical (unpaired) electrons. The highest BCUT2D eigenvalue weighted by Crippen LogP contribution is 2.50.